The first-order chi connectivity index (χ1) is 11.2. The first-order valence-corrected chi connectivity index (χ1v) is 7.00. The molecule has 0 unspecified atom stereocenters. The van der Waals surface area contributed by atoms with Crippen molar-refractivity contribution in [2.24, 2.45) is 5.73 Å². The Labute approximate surface area is 136 Å². The van der Waals surface area contributed by atoms with Crippen molar-refractivity contribution in [2.75, 3.05) is 0 Å². The van der Waals surface area contributed by atoms with Gasteiger partial charge in [0.25, 0.3) is 17.2 Å². The van der Waals surface area contributed by atoms with Gasteiger partial charge >= 0.3 is 0 Å². The lowest BCUT2D eigenvalue weighted by Crippen LogP contribution is -2.31. The van der Waals surface area contributed by atoms with Gasteiger partial charge in [0.15, 0.2) is 5.78 Å². The molecule has 0 spiro atoms. The van der Waals surface area contributed by atoms with Crippen LogP contribution in [-0.4, -0.2) is 21.2 Å². The highest BCUT2D eigenvalue weighted by Gasteiger charge is 2.19. The number of ketones is 1. The number of nitro groups is 1. The standard InChI is InChI=1S/C16H15N3O5/c1-9-3-4-11(5-10(9)2)14(20)8-18-7-12(19(23)24)6-13(15(17)21)16(18)22/h3-7H,8H2,1-2H3,(H2,17,21). The van der Waals surface area contributed by atoms with Crippen LogP contribution in [0.4, 0.5) is 5.69 Å². The SMILES string of the molecule is Cc1ccc(C(=O)Cn2cc([N+](=O)[O-])cc(C(N)=O)c2=O)cc1C. The van der Waals surface area contributed by atoms with Crippen LogP contribution in [0.2, 0.25) is 0 Å². The average molecular weight is 329 g/mol. The zero-order valence-corrected chi connectivity index (χ0v) is 13.1. The molecule has 8 nitrogen and oxygen atoms in total. The molecule has 124 valence electrons. The lowest BCUT2D eigenvalue weighted by molar-refractivity contribution is -0.385. The third kappa shape index (κ3) is 3.37. The first-order valence-electron chi connectivity index (χ1n) is 7.00. The molecule has 8 heteroatoms. The second kappa shape index (κ2) is 6.45. The Balaban J connectivity index is 2.46. The van der Waals surface area contributed by atoms with E-state index in [1.165, 1.54) is 0 Å². The zero-order chi connectivity index (χ0) is 18.0. The first kappa shape index (κ1) is 17.1. The van der Waals surface area contributed by atoms with Crippen molar-refractivity contribution < 1.29 is 14.5 Å². The zero-order valence-electron chi connectivity index (χ0n) is 13.1. The third-order valence-corrected chi connectivity index (χ3v) is 3.69. The molecule has 0 fully saturated rings. The molecule has 24 heavy (non-hydrogen) atoms. The van der Waals surface area contributed by atoms with Gasteiger partial charge in [0.2, 0.25) is 0 Å². The number of aromatic nitrogens is 1. The molecule has 0 aliphatic rings. The molecule has 1 aromatic heterocycles. The smallest absolute Gasteiger partial charge is 0.286 e. The van der Waals surface area contributed by atoms with Crippen molar-refractivity contribution in [2.45, 2.75) is 20.4 Å². The minimum atomic E-state index is -1.09. The van der Waals surface area contributed by atoms with Gasteiger partial charge in [0.05, 0.1) is 17.7 Å². The maximum atomic E-state index is 12.3. The quantitative estimate of drug-likeness (QED) is 0.503. The van der Waals surface area contributed by atoms with E-state index in [2.05, 4.69) is 0 Å². The number of pyridine rings is 1. The van der Waals surface area contributed by atoms with Crippen LogP contribution in [-0.2, 0) is 6.54 Å². The molecule has 0 radical (unpaired) electrons. The van der Waals surface area contributed by atoms with Crippen LogP contribution in [0.1, 0.15) is 31.8 Å². The fraction of sp³-hybridized carbons (Fsp3) is 0.188. The van der Waals surface area contributed by atoms with Gasteiger partial charge < -0.3 is 10.3 Å². The molecule has 0 saturated heterocycles. The van der Waals surface area contributed by atoms with Crippen molar-refractivity contribution in [3.63, 3.8) is 0 Å². The van der Waals surface area contributed by atoms with Gasteiger partial charge in [0.1, 0.15) is 5.56 Å². The van der Waals surface area contributed by atoms with Gasteiger partial charge in [-0.25, -0.2) is 0 Å². The van der Waals surface area contributed by atoms with E-state index in [0.717, 1.165) is 28.0 Å². The lowest BCUT2D eigenvalue weighted by atomic mass is 10.0. The monoisotopic (exact) mass is 329 g/mol. The molecule has 1 amide bonds. The van der Waals surface area contributed by atoms with Crippen LogP contribution in [0.15, 0.2) is 35.3 Å². The molecule has 1 heterocycles. The Morgan fingerprint density at radius 1 is 1.21 bits per heavy atom. The predicted molar refractivity (Wildman–Crippen MR) is 86.1 cm³/mol. The number of hydrogen-bond acceptors (Lipinski definition) is 5. The lowest BCUT2D eigenvalue weighted by Gasteiger charge is -2.08. The van der Waals surface area contributed by atoms with E-state index < -0.39 is 40.0 Å². The predicted octanol–water partition coefficient (Wildman–Crippen LogP) is 1.36. The largest absolute Gasteiger partial charge is 0.365 e. The maximum absolute atomic E-state index is 12.3. The van der Waals surface area contributed by atoms with E-state index >= 15 is 0 Å². The van der Waals surface area contributed by atoms with E-state index in [4.69, 9.17) is 5.73 Å². The molecule has 2 N–H and O–H groups in total. The van der Waals surface area contributed by atoms with Gasteiger partial charge in [0, 0.05) is 11.6 Å². The van der Waals surface area contributed by atoms with Crippen molar-refractivity contribution in [1.82, 2.24) is 4.57 Å². The summed E-state index contributed by atoms with van der Waals surface area (Å²) in [7, 11) is 0. The Morgan fingerprint density at radius 3 is 2.42 bits per heavy atom. The van der Waals surface area contributed by atoms with E-state index in [9.17, 15) is 24.5 Å². The van der Waals surface area contributed by atoms with Crippen molar-refractivity contribution in [3.8, 4) is 0 Å². The number of rotatable bonds is 5. The summed E-state index contributed by atoms with van der Waals surface area (Å²) >= 11 is 0. The van der Waals surface area contributed by atoms with Crippen LogP contribution >= 0.6 is 0 Å². The fourth-order valence-corrected chi connectivity index (χ4v) is 2.17. The number of primary amides is 1. The highest BCUT2D eigenvalue weighted by molar-refractivity contribution is 5.96. The number of nitrogens with two attached hydrogens (primary N) is 1. The van der Waals surface area contributed by atoms with Crippen molar-refractivity contribution in [3.05, 3.63) is 73.2 Å². The molecule has 2 aromatic rings. The second-order valence-electron chi connectivity index (χ2n) is 5.39. The molecular formula is C16H15N3O5. The van der Waals surface area contributed by atoms with Crippen LogP contribution in [0.3, 0.4) is 0 Å². The summed E-state index contributed by atoms with van der Waals surface area (Å²) in [4.78, 5) is 46.0. The summed E-state index contributed by atoms with van der Waals surface area (Å²) < 4.78 is 0.829. The van der Waals surface area contributed by atoms with Gasteiger partial charge in [-0.2, -0.15) is 0 Å². The molecular weight excluding hydrogens is 314 g/mol. The van der Waals surface area contributed by atoms with Gasteiger partial charge in [-0.1, -0.05) is 12.1 Å². The molecule has 0 saturated carbocycles. The summed E-state index contributed by atoms with van der Waals surface area (Å²) in [6.07, 6.45) is 0.924. The van der Waals surface area contributed by atoms with E-state index in [1.54, 1.807) is 18.2 Å². The Morgan fingerprint density at radius 2 is 1.88 bits per heavy atom. The van der Waals surface area contributed by atoms with E-state index in [-0.39, 0.29) is 0 Å². The summed E-state index contributed by atoms with van der Waals surface area (Å²) in [6.45, 7) is 3.31. The highest BCUT2D eigenvalue weighted by atomic mass is 16.6. The molecule has 0 aliphatic heterocycles. The van der Waals surface area contributed by atoms with Gasteiger partial charge in [-0.15, -0.1) is 0 Å². The number of carbonyl (C=O) groups is 2. The number of Topliss-reactive ketones (excluding diaryl/α,β-unsaturated/α-hetero) is 1. The minimum absolute atomic E-state index is 0.372. The van der Waals surface area contributed by atoms with E-state index in [0.29, 0.717) is 5.56 Å². The van der Waals surface area contributed by atoms with Gasteiger partial charge in [-0.3, -0.25) is 24.5 Å². The Bertz CT molecular complexity index is 914. The molecule has 0 atom stereocenters. The average Bonchev–Trinajstić information content (AvgIpc) is 2.51. The van der Waals surface area contributed by atoms with Crippen LogP contribution < -0.4 is 11.3 Å². The summed E-state index contributed by atoms with van der Waals surface area (Å²) in [5.41, 5.74) is 5.50. The Hall–Kier alpha value is -3.29. The summed E-state index contributed by atoms with van der Waals surface area (Å²) in [6, 6.07) is 5.87. The highest BCUT2D eigenvalue weighted by Crippen LogP contribution is 2.13. The molecule has 2 rings (SSSR count). The maximum Gasteiger partial charge on any atom is 0.286 e. The topological polar surface area (TPSA) is 125 Å². The number of nitrogens with zero attached hydrogens (tertiary/aromatic N) is 2. The molecule has 1 aromatic carbocycles. The number of amides is 1. The summed E-state index contributed by atoms with van der Waals surface area (Å²) in [5.74, 6) is -1.49. The summed E-state index contributed by atoms with van der Waals surface area (Å²) in [5, 5.41) is 10.9. The Kier molecular flexibility index (Phi) is 4.59. The van der Waals surface area contributed by atoms with Crippen LogP contribution in [0.25, 0.3) is 0 Å². The van der Waals surface area contributed by atoms with Crippen molar-refractivity contribution in [1.29, 1.82) is 0 Å². The third-order valence-electron chi connectivity index (χ3n) is 3.69. The second-order valence-corrected chi connectivity index (χ2v) is 5.39. The number of benzene rings is 1. The van der Waals surface area contributed by atoms with Gasteiger partial charge in [-0.05, 0) is 31.0 Å². The van der Waals surface area contributed by atoms with Crippen LogP contribution in [0, 0.1) is 24.0 Å². The number of hydrogen-bond donors (Lipinski definition) is 1. The van der Waals surface area contributed by atoms with E-state index in [1.807, 2.05) is 13.8 Å². The minimum Gasteiger partial charge on any atom is -0.365 e. The number of aryl methyl sites for hydroxylation is 2. The van der Waals surface area contributed by atoms with Crippen LogP contribution in [0.5, 0.6) is 0 Å². The fourth-order valence-electron chi connectivity index (χ4n) is 2.17. The number of carbonyl (C=O) groups excluding carboxylic acids is 2. The molecule has 0 bridgehead atoms. The van der Waals surface area contributed by atoms with Crippen molar-refractivity contribution >= 4 is 17.4 Å². The normalized spacial score (nSPS) is 10.4. The molecule has 0 aliphatic carbocycles.